The number of carbonyl (C=O) groups is 1. The molecule has 38 heavy (non-hydrogen) atoms. The molecule has 4 aromatic carbocycles. The molecule has 4 aromatic rings. The number of amides is 1. The normalized spacial score (nSPS) is 11.6. The predicted octanol–water partition coefficient (Wildman–Crippen LogP) is 6.99. The fourth-order valence-corrected chi connectivity index (χ4v) is 5.18. The summed E-state index contributed by atoms with van der Waals surface area (Å²) < 4.78 is 73.3. The summed E-state index contributed by atoms with van der Waals surface area (Å²) >= 11 is 6.14. The SMILES string of the molecule is O=C(CN(c1cc(C(F)(F)F)ccc1Cl)S(=O)(=O)c1ccccc1)Nc1ccc(Oc2ccccc2)cc1. The van der Waals surface area contributed by atoms with Crippen molar-refractivity contribution in [2.24, 2.45) is 0 Å². The van der Waals surface area contributed by atoms with Crippen molar-refractivity contribution in [3.8, 4) is 11.5 Å². The Morgan fingerprint density at radius 2 is 1.42 bits per heavy atom. The Morgan fingerprint density at radius 3 is 2.03 bits per heavy atom. The Labute approximate surface area is 222 Å². The van der Waals surface area contributed by atoms with Crippen LogP contribution in [0.15, 0.2) is 108 Å². The highest BCUT2D eigenvalue weighted by Crippen LogP contribution is 2.37. The fraction of sp³-hybridized carbons (Fsp3) is 0.0741. The first-order valence-electron chi connectivity index (χ1n) is 11.1. The topological polar surface area (TPSA) is 75.7 Å². The first-order valence-corrected chi connectivity index (χ1v) is 12.9. The summed E-state index contributed by atoms with van der Waals surface area (Å²) in [6, 6.07) is 24.6. The van der Waals surface area contributed by atoms with Crippen molar-refractivity contribution in [1.29, 1.82) is 0 Å². The van der Waals surface area contributed by atoms with Crippen molar-refractivity contribution in [3.63, 3.8) is 0 Å². The van der Waals surface area contributed by atoms with Crippen molar-refractivity contribution < 1.29 is 31.1 Å². The summed E-state index contributed by atoms with van der Waals surface area (Å²) in [5.74, 6) is 0.317. The molecule has 0 saturated heterocycles. The minimum Gasteiger partial charge on any atom is -0.457 e. The molecule has 0 aromatic heterocycles. The molecule has 196 valence electrons. The lowest BCUT2D eigenvalue weighted by molar-refractivity contribution is -0.137. The number of alkyl halides is 3. The average Bonchev–Trinajstić information content (AvgIpc) is 2.89. The number of hydrogen-bond donors (Lipinski definition) is 1. The molecule has 0 bridgehead atoms. The van der Waals surface area contributed by atoms with E-state index in [0.717, 1.165) is 12.1 Å². The Hall–Kier alpha value is -4.02. The Morgan fingerprint density at radius 1 is 0.842 bits per heavy atom. The van der Waals surface area contributed by atoms with Crippen LogP contribution in [-0.4, -0.2) is 20.9 Å². The number of benzene rings is 4. The highest BCUT2D eigenvalue weighted by atomic mass is 35.5. The Bertz CT molecular complexity index is 1520. The number of halogens is 4. The first kappa shape index (κ1) is 27.0. The number of hydrogen-bond acceptors (Lipinski definition) is 4. The molecule has 11 heteroatoms. The van der Waals surface area contributed by atoms with Crippen LogP contribution in [0.5, 0.6) is 11.5 Å². The Kier molecular flexibility index (Phi) is 7.94. The van der Waals surface area contributed by atoms with E-state index in [2.05, 4.69) is 5.32 Å². The average molecular weight is 561 g/mol. The molecule has 1 amide bonds. The number of nitrogens with zero attached hydrogens (tertiary/aromatic N) is 1. The third-order valence-corrected chi connectivity index (χ3v) is 7.37. The summed E-state index contributed by atoms with van der Waals surface area (Å²) in [6.45, 7) is -0.833. The second kappa shape index (κ2) is 11.2. The van der Waals surface area contributed by atoms with E-state index in [1.165, 1.54) is 24.3 Å². The molecule has 1 N–H and O–H groups in total. The van der Waals surface area contributed by atoms with Crippen LogP contribution in [0, 0.1) is 0 Å². The number of sulfonamides is 1. The van der Waals surface area contributed by atoms with Crippen LogP contribution >= 0.6 is 11.6 Å². The van der Waals surface area contributed by atoms with Crippen molar-refractivity contribution in [2.45, 2.75) is 11.1 Å². The molecule has 0 heterocycles. The monoisotopic (exact) mass is 560 g/mol. The van der Waals surface area contributed by atoms with E-state index >= 15 is 0 Å². The van der Waals surface area contributed by atoms with Gasteiger partial charge in [0.05, 0.1) is 21.2 Å². The van der Waals surface area contributed by atoms with Gasteiger partial charge in [-0.3, -0.25) is 9.10 Å². The smallest absolute Gasteiger partial charge is 0.416 e. The van der Waals surface area contributed by atoms with Gasteiger partial charge in [0.25, 0.3) is 10.0 Å². The quantitative estimate of drug-likeness (QED) is 0.252. The van der Waals surface area contributed by atoms with Gasteiger partial charge in [0.2, 0.25) is 5.91 Å². The Balaban J connectivity index is 1.60. The standard InChI is InChI=1S/C27H20ClF3N2O4S/c28-24-16-11-19(27(29,30)31)17-25(24)33(38(35,36)23-9-5-2-6-10-23)18-26(34)32-20-12-14-22(15-13-20)37-21-7-3-1-4-8-21/h1-17H,18H2,(H,32,34). The van der Waals surface area contributed by atoms with Crippen molar-refractivity contribution in [1.82, 2.24) is 0 Å². The minimum absolute atomic E-state index is 0.219. The van der Waals surface area contributed by atoms with Crippen molar-refractivity contribution in [2.75, 3.05) is 16.2 Å². The molecule has 0 unspecified atom stereocenters. The summed E-state index contributed by atoms with van der Waals surface area (Å²) in [7, 11) is -4.47. The van der Waals surface area contributed by atoms with Gasteiger partial charge in [-0.15, -0.1) is 0 Å². The maximum atomic E-state index is 13.4. The van der Waals surface area contributed by atoms with Gasteiger partial charge in [-0.2, -0.15) is 13.2 Å². The second-order valence-corrected chi connectivity index (χ2v) is 10.2. The number of carbonyl (C=O) groups excluding carboxylic acids is 1. The number of para-hydroxylation sites is 1. The number of ether oxygens (including phenoxy) is 1. The first-order chi connectivity index (χ1) is 18.0. The van der Waals surface area contributed by atoms with E-state index in [1.807, 2.05) is 18.2 Å². The number of anilines is 2. The summed E-state index contributed by atoms with van der Waals surface area (Å²) in [5, 5.41) is 2.28. The van der Waals surface area contributed by atoms with Crippen LogP contribution < -0.4 is 14.4 Å². The van der Waals surface area contributed by atoms with Gasteiger partial charge < -0.3 is 10.1 Å². The zero-order chi connectivity index (χ0) is 27.3. The summed E-state index contributed by atoms with van der Waals surface area (Å²) in [6.07, 6.45) is -4.76. The molecular weight excluding hydrogens is 541 g/mol. The van der Waals surface area contributed by atoms with E-state index in [4.69, 9.17) is 16.3 Å². The predicted molar refractivity (Wildman–Crippen MR) is 139 cm³/mol. The molecule has 0 atom stereocenters. The minimum atomic E-state index is -4.76. The molecule has 0 aliphatic carbocycles. The van der Waals surface area contributed by atoms with Crippen molar-refractivity contribution in [3.05, 3.63) is 114 Å². The fourth-order valence-electron chi connectivity index (χ4n) is 3.46. The maximum Gasteiger partial charge on any atom is 0.416 e. The highest BCUT2D eigenvalue weighted by Gasteiger charge is 2.34. The van der Waals surface area contributed by atoms with Crippen molar-refractivity contribution >= 4 is 38.9 Å². The van der Waals surface area contributed by atoms with Crippen LogP contribution in [0.25, 0.3) is 0 Å². The van der Waals surface area contributed by atoms with E-state index in [0.29, 0.717) is 27.6 Å². The van der Waals surface area contributed by atoms with Crippen LogP contribution in [0.1, 0.15) is 5.56 Å². The zero-order valence-corrected chi connectivity index (χ0v) is 21.1. The van der Waals surface area contributed by atoms with Crippen LogP contribution in [-0.2, 0) is 21.0 Å². The molecule has 4 rings (SSSR count). The second-order valence-electron chi connectivity index (χ2n) is 7.98. The molecular formula is C27H20ClF3N2O4S. The number of rotatable bonds is 8. The molecule has 0 aliphatic heterocycles. The van der Waals surface area contributed by atoms with E-state index in [-0.39, 0.29) is 9.92 Å². The van der Waals surface area contributed by atoms with Gasteiger partial charge in [0, 0.05) is 5.69 Å². The lowest BCUT2D eigenvalue weighted by atomic mass is 10.2. The lowest BCUT2D eigenvalue weighted by Crippen LogP contribution is -2.38. The molecule has 0 fully saturated rings. The van der Waals surface area contributed by atoms with Gasteiger partial charge in [0.15, 0.2) is 0 Å². The maximum absolute atomic E-state index is 13.4. The highest BCUT2D eigenvalue weighted by molar-refractivity contribution is 7.92. The van der Waals surface area contributed by atoms with Gasteiger partial charge in [-0.1, -0.05) is 48.0 Å². The van der Waals surface area contributed by atoms with Gasteiger partial charge in [-0.05, 0) is 66.7 Å². The van der Waals surface area contributed by atoms with Gasteiger partial charge in [-0.25, -0.2) is 8.42 Å². The molecule has 0 saturated carbocycles. The molecule has 0 aliphatic rings. The third kappa shape index (κ3) is 6.45. The molecule has 0 spiro atoms. The van der Waals surface area contributed by atoms with E-state index in [1.54, 1.807) is 42.5 Å². The summed E-state index contributed by atoms with van der Waals surface area (Å²) in [4.78, 5) is 12.7. The molecule has 0 radical (unpaired) electrons. The zero-order valence-electron chi connectivity index (χ0n) is 19.5. The van der Waals surface area contributed by atoms with E-state index < -0.39 is 39.9 Å². The van der Waals surface area contributed by atoms with Crippen LogP contribution in [0.3, 0.4) is 0 Å². The lowest BCUT2D eigenvalue weighted by Gasteiger charge is -2.26. The van der Waals surface area contributed by atoms with Gasteiger partial charge in [0.1, 0.15) is 18.0 Å². The van der Waals surface area contributed by atoms with Crippen LogP contribution in [0.4, 0.5) is 24.5 Å². The van der Waals surface area contributed by atoms with E-state index in [9.17, 15) is 26.4 Å². The number of nitrogens with one attached hydrogen (secondary N) is 1. The van der Waals surface area contributed by atoms with Crippen LogP contribution in [0.2, 0.25) is 5.02 Å². The van der Waals surface area contributed by atoms with Gasteiger partial charge >= 0.3 is 6.18 Å². The largest absolute Gasteiger partial charge is 0.457 e. The summed E-state index contributed by atoms with van der Waals surface area (Å²) in [5.41, 5.74) is -1.27. The molecule has 6 nitrogen and oxygen atoms in total. The third-order valence-electron chi connectivity index (χ3n) is 5.28.